The van der Waals surface area contributed by atoms with E-state index in [1.54, 1.807) is 0 Å². The highest BCUT2D eigenvalue weighted by atomic mass is 31.2. The maximum Gasteiger partial charge on any atom is 0.116 e. The van der Waals surface area contributed by atoms with Crippen LogP contribution in [0.25, 0.3) is 11.4 Å². The molecule has 0 bridgehead atoms. The van der Waals surface area contributed by atoms with Crippen LogP contribution in [0.15, 0.2) is 219 Å². The number of benzene rings is 6. The maximum atomic E-state index is 5.02. The molecule has 2 nitrogen and oxygen atoms in total. The molecule has 52 heavy (non-hydrogen) atoms. The summed E-state index contributed by atoms with van der Waals surface area (Å²) in [5.74, 6) is 0. The molecule has 0 saturated heterocycles. The average Bonchev–Trinajstić information content (AvgIpc) is 3.24. The Kier molecular flexibility index (Phi) is 9.94. The first-order chi connectivity index (χ1) is 25.8. The van der Waals surface area contributed by atoms with Crippen molar-refractivity contribution in [1.82, 2.24) is 9.97 Å². The van der Waals surface area contributed by atoms with Crippen molar-refractivity contribution in [2.24, 2.45) is 0 Å². The molecule has 0 atom stereocenters. The van der Waals surface area contributed by atoms with Crippen LogP contribution in [-0.2, 0) is 12.3 Å². The van der Waals surface area contributed by atoms with Gasteiger partial charge in [-0.15, -0.1) is 0 Å². The van der Waals surface area contributed by atoms with Gasteiger partial charge in [0.25, 0.3) is 0 Å². The number of pyridine rings is 2. The van der Waals surface area contributed by atoms with Gasteiger partial charge in [0, 0.05) is 23.5 Å². The third kappa shape index (κ3) is 6.65. The molecule has 0 amide bonds. The fraction of sp³-hybridized carbons (Fsp3) is 0.0417. The normalized spacial score (nSPS) is 11.6. The second-order valence-corrected chi connectivity index (χ2v) is 20.0. The standard InChI is InChI=1S/C48H40N2P2/c1-7-19-41(20-8-1)51(42-21-9-2-10-22-42,43-23-11-3-12-24-43)37-39-31-33-47(49-35-39)48-34-32-40(36-50-48)38-52(44-25-13-4-14-26-44,45-27-15-5-16-28-45)46-29-17-6-18-30-46/h1-36H,37-38H2/q+2. The monoisotopic (exact) mass is 706 g/mol. The summed E-state index contributed by atoms with van der Waals surface area (Å²) in [6, 6.07) is 75.0. The molecule has 0 aliphatic rings. The van der Waals surface area contributed by atoms with Crippen LogP contribution >= 0.6 is 14.5 Å². The number of hydrogen-bond donors (Lipinski definition) is 0. The van der Waals surface area contributed by atoms with Gasteiger partial charge in [-0.05, 0) is 84.9 Å². The highest BCUT2D eigenvalue weighted by Gasteiger charge is 2.46. The van der Waals surface area contributed by atoms with E-state index in [9.17, 15) is 0 Å². The van der Waals surface area contributed by atoms with Gasteiger partial charge in [-0.25, -0.2) is 0 Å². The molecular weight excluding hydrogens is 666 g/mol. The van der Waals surface area contributed by atoms with Gasteiger partial charge in [0.05, 0.1) is 23.7 Å². The van der Waals surface area contributed by atoms with Gasteiger partial charge in [-0.3, -0.25) is 9.97 Å². The molecule has 8 aromatic rings. The molecule has 0 unspecified atom stereocenters. The van der Waals surface area contributed by atoms with E-state index in [1.807, 2.05) is 0 Å². The van der Waals surface area contributed by atoms with Crippen LogP contribution in [0.2, 0.25) is 0 Å². The molecule has 2 heterocycles. The van der Waals surface area contributed by atoms with Gasteiger partial charge in [-0.1, -0.05) is 121 Å². The Morgan fingerprint density at radius 1 is 0.269 bits per heavy atom. The summed E-state index contributed by atoms with van der Waals surface area (Å²) in [5, 5.41) is 8.22. The summed E-state index contributed by atoms with van der Waals surface area (Å²) in [5.41, 5.74) is 4.20. The van der Waals surface area contributed by atoms with Crippen molar-refractivity contribution in [2.75, 3.05) is 0 Å². The lowest BCUT2D eigenvalue weighted by atomic mass is 10.2. The second kappa shape index (κ2) is 15.4. The molecule has 0 saturated carbocycles. The number of rotatable bonds is 11. The molecular formula is C48H40N2P2+2. The van der Waals surface area contributed by atoms with E-state index >= 15 is 0 Å². The Labute approximate surface area is 308 Å². The molecule has 0 fully saturated rings. The second-order valence-electron chi connectivity index (χ2n) is 13.1. The lowest BCUT2D eigenvalue weighted by Gasteiger charge is -2.28. The van der Waals surface area contributed by atoms with Crippen LogP contribution < -0.4 is 31.8 Å². The van der Waals surface area contributed by atoms with Gasteiger partial charge in [-0.2, -0.15) is 0 Å². The third-order valence-electron chi connectivity index (χ3n) is 9.93. The van der Waals surface area contributed by atoms with Gasteiger partial charge in [0.1, 0.15) is 46.4 Å². The van der Waals surface area contributed by atoms with Crippen molar-refractivity contribution in [3.05, 3.63) is 230 Å². The minimum absolute atomic E-state index is 0.883. The fourth-order valence-corrected chi connectivity index (χ4v) is 15.9. The van der Waals surface area contributed by atoms with Crippen LogP contribution in [0.5, 0.6) is 0 Å². The molecule has 2 aromatic heterocycles. The summed E-state index contributed by atoms with van der Waals surface area (Å²) in [7, 11) is -4.04. The molecule has 0 radical (unpaired) electrons. The van der Waals surface area contributed by atoms with Crippen LogP contribution in [-0.4, -0.2) is 9.97 Å². The average molecular weight is 707 g/mol. The summed E-state index contributed by atoms with van der Waals surface area (Å²) < 4.78 is 0. The van der Waals surface area contributed by atoms with Crippen molar-refractivity contribution in [3.8, 4) is 11.4 Å². The summed E-state index contributed by atoms with van der Waals surface area (Å²) >= 11 is 0. The number of hydrogen-bond acceptors (Lipinski definition) is 2. The smallest absolute Gasteiger partial charge is 0.116 e. The Morgan fingerprint density at radius 2 is 0.500 bits per heavy atom. The molecule has 0 N–H and O–H groups in total. The van der Waals surface area contributed by atoms with E-state index in [0.717, 1.165) is 23.7 Å². The van der Waals surface area contributed by atoms with Crippen molar-refractivity contribution in [3.63, 3.8) is 0 Å². The van der Waals surface area contributed by atoms with Gasteiger partial charge < -0.3 is 0 Å². The minimum atomic E-state index is -2.02. The number of nitrogens with zero attached hydrogens (tertiary/aromatic N) is 2. The topological polar surface area (TPSA) is 25.8 Å². The molecule has 4 heteroatoms. The van der Waals surface area contributed by atoms with Gasteiger partial charge in [0.15, 0.2) is 0 Å². The molecule has 6 aromatic carbocycles. The predicted octanol–water partition coefficient (Wildman–Crippen LogP) is 9.13. The van der Waals surface area contributed by atoms with Crippen molar-refractivity contribution < 1.29 is 0 Å². The van der Waals surface area contributed by atoms with Crippen LogP contribution in [0.1, 0.15) is 11.1 Å². The Hall–Kier alpha value is -5.52. The lowest BCUT2D eigenvalue weighted by Crippen LogP contribution is -2.32. The van der Waals surface area contributed by atoms with Crippen LogP contribution in [0.3, 0.4) is 0 Å². The minimum Gasteiger partial charge on any atom is -0.254 e. The van der Waals surface area contributed by atoms with E-state index in [0.29, 0.717) is 0 Å². The SMILES string of the molecule is c1ccc([P+](Cc2ccc(-c3ccc(C[P+](c4ccccc4)(c4ccccc4)c4ccccc4)cn3)nc2)(c2ccccc2)c2ccccc2)cc1. The Morgan fingerprint density at radius 3 is 0.692 bits per heavy atom. The zero-order chi connectivity index (χ0) is 35.1. The predicted molar refractivity (Wildman–Crippen MR) is 225 cm³/mol. The largest absolute Gasteiger partial charge is 0.254 e. The third-order valence-corrected chi connectivity index (χ3v) is 18.7. The zero-order valence-electron chi connectivity index (χ0n) is 29.0. The van der Waals surface area contributed by atoms with Gasteiger partial charge >= 0.3 is 0 Å². The molecule has 8 rings (SSSR count). The zero-order valence-corrected chi connectivity index (χ0v) is 30.8. The Balaban J connectivity index is 1.13. The number of aromatic nitrogens is 2. The Bertz CT molecular complexity index is 1940. The van der Waals surface area contributed by atoms with Crippen molar-refractivity contribution >= 4 is 46.4 Å². The van der Waals surface area contributed by atoms with E-state index in [-0.39, 0.29) is 0 Å². The summed E-state index contributed by atoms with van der Waals surface area (Å²) in [6.45, 7) is 0. The van der Waals surface area contributed by atoms with Crippen LogP contribution in [0.4, 0.5) is 0 Å². The summed E-state index contributed by atoms with van der Waals surface area (Å²) in [4.78, 5) is 10.0. The van der Waals surface area contributed by atoms with Crippen LogP contribution in [0, 0.1) is 0 Å². The summed E-state index contributed by atoms with van der Waals surface area (Å²) in [6.07, 6.45) is 5.89. The molecule has 0 spiro atoms. The molecule has 0 aliphatic carbocycles. The quantitative estimate of drug-likeness (QED) is 0.126. The van der Waals surface area contributed by atoms with E-state index in [1.165, 1.54) is 43.0 Å². The maximum absolute atomic E-state index is 5.02. The first kappa shape index (κ1) is 33.6. The molecule has 0 aliphatic heterocycles. The first-order valence-electron chi connectivity index (χ1n) is 17.8. The molecule has 250 valence electrons. The highest BCUT2D eigenvalue weighted by Crippen LogP contribution is 2.59. The highest BCUT2D eigenvalue weighted by molar-refractivity contribution is 7.95. The van der Waals surface area contributed by atoms with Crippen molar-refractivity contribution in [2.45, 2.75) is 12.3 Å². The lowest BCUT2D eigenvalue weighted by molar-refractivity contribution is 1.19. The first-order valence-corrected chi connectivity index (χ1v) is 21.7. The van der Waals surface area contributed by atoms with E-state index in [2.05, 4.69) is 219 Å². The fourth-order valence-electron chi connectivity index (χ4n) is 7.42. The van der Waals surface area contributed by atoms with Gasteiger partial charge in [0.2, 0.25) is 0 Å². The van der Waals surface area contributed by atoms with E-state index in [4.69, 9.17) is 9.97 Å². The van der Waals surface area contributed by atoms with E-state index < -0.39 is 14.5 Å². The van der Waals surface area contributed by atoms with Crippen molar-refractivity contribution in [1.29, 1.82) is 0 Å².